The summed E-state index contributed by atoms with van der Waals surface area (Å²) in [7, 11) is 0. The maximum atomic E-state index is 11.3. The van der Waals surface area contributed by atoms with E-state index in [0.29, 0.717) is 11.5 Å². The minimum atomic E-state index is -0.145. The highest BCUT2D eigenvalue weighted by Gasteiger charge is 2.37. The van der Waals surface area contributed by atoms with Gasteiger partial charge in [-0.2, -0.15) is 0 Å². The average Bonchev–Trinajstić information content (AvgIpc) is 2.73. The number of rotatable bonds is 4. The van der Waals surface area contributed by atoms with Gasteiger partial charge in [0.15, 0.2) is 0 Å². The van der Waals surface area contributed by atoms with Crippen molar-refractivity contribution >= 4 is 23.5 Å². The molecule has 0 spiro atoms. The fraction of sp³-hybridized carbons (Fsp3) is 0.647. The highest BCUT2D eigenvalue weighted by Crippen LogP contribution is 2.56. The Hall–Kier alpha value is -1.26. The van der Waals surface area contributed by atoms with Crippen LogP contribution in [0.25, 0.3) is 0 Å². The molecule has 0 aliphatic heterocycles. The average molecular weight is 557 g/mol. The summed E-state index contributed by atoms with van der Waals surface area (Å²) in [6.07, 6.45) is 6.04. The van der Waals surface area contributed by atoms with Gasteiger partial charge in [0.25, 0.3) is 0 Å². The standard InChI is InChI=1S/C34H52O2S2/c1-30(2,3)24-18-22(19-25(28(24)35)31(4,5)6)37-34(16-14-13-15-17-34)38-23-20-26(32(7,8)9)29(36)27(21-23)33(10,11)12/h18-21,35-36H,13-17H2,1-12H3. The lowest BCUT2D eigenvalue weighted by atomic mass is 9.79. The van der Waals surface area contributed by atoms with Crippen molar-refractivity contribution in [3.05, 3.63) is 46.5 Å². The summed E-state index contributed by atoms with van der Waals surface area (Å²) >= 11 is 3.99. The van der Waals surface area contributed by atoms with Crippen LogP contribution < -0.4 is 0 Å². The van der Waals surface area contributed by atoms with Gasteiger partial charge in [0, 0.05) is 32.0 Å². The molecule has 2 nitrogen and oxygen atoms in total. The van der Waals surface area contributed by atoms with Crippen LogP contribution in [0.4, 0.5) is 0 Å². The number of aromatic hydroxyl groups is 2. The molecule has 2 N–H and O–H groups in total. The summed E-state index contributed by atoms with van der Waals surface area (Å²) in [6, 6.07) is 8.96. The zero-order valence-electron chi connectivity index (χ0n) is 26.1. The normalized spacial score (nSPS) is 17.1. The number of phenolic OH excluding ortho intramolecular Hbond substituents is 2. The van der Waals surface area contributed by atoms with E-state index < -0.39 is 0 Å². The number of phenols is 2. The largest absolute Gasteiger partial charge is 0.507 e. The Bertz CT molecular complexity index is 989. The van der Waals surface area contributed by atoms with E-state index in [0.717, 1.165) is 35.1 Å². The number of hydrogen-bond acceptors (Lipinski definition) is 4. The second kappa shape index (κ2) is 10.6. The summed E-state index contributed by atoms with van der Waals surface area (Å²) in [5.74, 6) is 0.894. The molecule has 0 saturated heterocycles. The molecular formula is C34H52O2S2. The van der Waals surface area contributed by atoms with Gasteiger partial charge >= 0.3 is 0 Å². The third-order valence-corrected chi connectivity index (χ3v) is 10.6. The Balaban J connectivity index is 2.15. The first kappa shape index (κ1) is 31.3. The van der Waals surface area contributed by atoms with Gasteiger partial charge in [0.1, 0.15) is 11.5 Å². The zero-order valence-corrected chi connectivity index (χ0v) is 27.7. The molecule has 2 aromatic carbocycles. The highest BCUT2D eigenvalue weighted by molar-refractivity contribution is 8.18. The van der Waals surface area contributed by atoms with E-state index in [1.807, 2.05) is 23.5 Å². The van der Waals surface area contributed by atoms with Crippen LogP contribution in [0.3, 0.4) is 0 Å². The SMILES string of the molecule is CC(C)(C)c1cc(SC2(Sc3cc(C(C)(C)C)c(O)c(C(C)(C)C)c3)CCCCC2)cc(C(C)(C)C)c1O. The molecule has 0 bridgehead atoms. The van der Waals surface area contributed by atoms with Crippen LogP contribution in [0.2, 0.25) is 0 Å². The van der Waals surface area contributed by atoms with Crippen molar-refractivity contribution in [2.75, 3.05) is 0 Å². The molecule has 0 amide bonds. The molecule has 0 atom stereocenters. The van der Waals surface area contributed by atoms with Gasteiger partial charge in [-0.05, 0) is 58.8 Å². The monoisotopic (exact) mass is 556 g/mol. The molecule has 1 aliphatic rings. The molecule has 4 heteroatoms. The van der Waals surface area contributed by atoms with Gasteiger partial charge in [-0.25, -0.2) is 0 Å². The lowest BCUT2D eigenvalue weighted by Gasteiger charge is -2.38. The van der Waals surface area contributed by atoms with Crippen molar-refractivity contribution in [2.24, 2.45) is 0 Å². The fourth-order valence-corrected chi connectivity index (χ4v) is 8.66. The smallest absolute Gasteiger partial charge is 0.123 e. The Kier molecular flexibility index (Phi) is 8.74. The molecule has 1 saturated carbocycles. The van der Waals surface area contributed by atoms with Crippen LogP contribution >= 0.6 is 23.5 Å². The molecular weight excluding hydrogens is 505 g/mol. The van der Waals surface area contributed by atoms with Crippen LogP contribution in [0.15, 0.2) is 34.1 Å². The van der Waals surface area contributed by atoms with E-state index in [1.54, 1.807) is 0 Å². The van der Waals surface area contributed by atoms with Crippen LogP contribution in [0.5, 0.6) is 11.5 Å². The van der Waals surface area contributed by atoms with E-state index in [2.05, 4.69) is 107 Å². The second-order valence-electron chi connectivity index (χ2n) is 15.4. The molecule has 3 rings (SSSR count). The van der Waals surface area contributed by atoms with Crippen molar-refractivity contribution in [2.45, 2.75) is 151 Å². The molecule has 0 radical (unpaired) electrons. The van der Waals surface area contributed by atoms with Gasteiger partial charge < -0.3 is 10.2 Å². The van der Waals surface area contributed by atoms with Crippen LogP contribution in [0, 0.1) is 0 Å². The third-order valence-electron chi connectivity index (χ3n) is 7.62. The number of thioether (sulfide) groups is 2. The number of benzene rings is 2. The van der Waals surface area contributed by atoms with Gasteiger partial charge in [-0.15, -0.1) is 23.5 Å². The summed E-state index contributed by atoms with van der Waals surface area (Å²) in [5.41, 5.74) is 3.52. The van der Waals surface area contributed by atoms with Gasteiger partial charge in [-0.3, -0.25) is 0 Å². The fourth-order valence-electron chi connectivity index (χ4n) is 5.37. The molecule has 1 fully saturated rings. The topological polar surface area (TPSA) is 40.5 Å². The van der Waals surface area contributed by atoms with E-state index in [9.17, 15) is 10.2 Å². The van der Waals surface area contributed by atoms with Crippen LogP contribution in [-0.2, 0) is 21.7 Å². The first-order valence-corrected chi connectivity index (χ1v) is 15.9. The first-order valence-electron chi connectivity index (χ1n) is 14.3. The molecule has 212 valence electrons. The lowest BCUT2D eigenvalue weighted by molar-refractivity contribution is 0.421. The second-order valence-corrected chi connectivity index (χ2v) is 18.6. The Labute approximate surface area is 241 Å². The molecule has 0 heterocycles. The molecule has 0 aromatic heterocycles. The molecule has 0 unspecified atom stereocenters. The minimum Gasteiger partial charge on any atom is -0.507 e. The maximum Gasteiger partial charge on any atom is 0.123 e. The summed E-state index contributed by atoms with van der Waals surface area (Å²) in [6.45, 7) is 26.2. The maximum absolute atomic E-state index is 11.3. The Morgan fingerprint density at radius 3 is 1.00 bits per heavy atom. The zero-order chi connectivity index (χ0) is 28.9. The lowest BCUT2D eigenvalue weighted by Crippen LogP contribution is -2.25. The summed E-state index contributed by atoms with van der Waals surface area (Å²) < 4.78 is 0.0147. The van der Waals surface area contributed by atoms with Crippen LogP contribution in [-0.4, -0.2) is 14.3 Å². The van der Waals surface area contributed by atoms with Gasteiger partial charge in [0.05, 0.1) is 4.08 Å². The predicted octanol–water partition coefficient (Wildman–Crippen LogP) is 10.8. The Morgan fingerprint density at radius 1 is 0.500 bits per heavy atom. The highest BCUT2D eigenvalue weighted by atomic mass is 32.2. The molecule has 2 aromatic rings. The van der Waals surface area contributed by atoms with Crippen molar-refractivity contribution in [3.8, 4) is 11.5 Å². The van der Waals surface area contributed by atoms with Crippen molar-refractivity contribution in [3.63, 3.8) is 0 Å². The van der Waals surface area contributed by atoms with E-state index in [-0.39, 0.29) is 25.7 Å². The van der Waals surface area contributed by atoms with E-state index in [1.165, 1.54) is 29.1 Å². The van der Waals surface area contributed by atoms with E-state index in [4.69, 9.17) is 0 Å². The summed E-state index contributed by atoms with van der Waals surface area (Å²) in [4.78, 5) is 2.50. The predicted molar refractivity (Wildman–Crippen MR) is 169 cm³/mol. The molecule has 1 aliphatic carbocycles. The van der Waals surface area contributed by atoms with Crippen molar-refractivity contribution < 1.29 is 10.2 Å². The van der Waals surface area contributed by atoms with Gasteiger partial charge in [-0.1, -0.05) is 102 Å². The summed E-state index contributed by atoms with van der Waals surface area (Å²) in [5, 5.41) is 22.6. The van der Waals surface area contributed by atoms with E-state index >= 15 is 0 Å². The first-order chi connectivity index (χ1) is 17.1. The minimum absolute atomic E-state index is 0.0147. The quantitative estimate of drug-likeness (QED) is 0.367. The number of hydrogen-bond donors (Lipinski definition) is 2. The Morgan fingerprint density at radius 2 is 0.763 bits per heavy atom. The van der Waals surface area contributed by atoms with Crippen molar-refractivity contribution in [1.82, 2.24) is 0 Å². The third kappa shape index (κ3) is 7.08. The van der Waals surface area contributed by atoms with Crippen LogP contribution in [0.1, 0.15) is 137 Å². The molecule has 38 heavy (non-hydrogen) atoms. The van der Waals surface area contributed by atoms with Gasteiger partial charge in [0.2, 0.25) is 0 Å². The van der Waals surface area contributed by atoms with Crippen molar-refractivity contribution in [1.29, 1.82) is 0 Å².